The van der Waals surface area contributed by atoms with E-state index >= 15 is 0 Å². The molecule has 0 aliphatic rings. The Bertz CT molecular complexity index is 751. The van der Waals surface area contributed by atoms with E-state index in [1.165, 1.54) is 6.07 Å². The number of hydrogen-bond donors (Lipinski definition) is 1. The summed E-state index contributed by atoms with van der Waals surface area (Å²) >= 11 is 0. The standard InChI is InChI=1S/C15H17NO3S/c1-11(2)9-10-19-14-7-8-15(20(16,17)18)13-6-4-3-5-12(13)14/h3-8H,1,9-10H2,2H3,(H2,16,17,18). The number of nitrogens with two attached hydrogens (primary N) is 1. The first-order valence-corrected chi connectivity index (χ1v) is 7.76. The number of fused-ring (bicyclic) bond motifs is 1. The predicted octanol–water partition coefficient (Wildman–Crippen LogP) is 2.83. The van der Waals surface area contributed by atoms with Gasteiger partial charge in [0, 0.05) is 17.2 Å². The van der Waals surface area contributed by atoms with E-state index in [2.05, 4.69) is 6.58 Å². The van der Waals surface area contributed by atoms with E-state index in [1.807, 2.05) is 19.1 Å². The molecule has 0 amide bonds. The van der Waals surface area contributed by atoms with Crippen molar-refractivity contribution in [3.8, 4) is 5.75 Å². The van der Waals surface area contributed by atoms with Crippen LogP contribution in [0.1, 0.15) is 13.3 Å². The van der Waals surface area contributed by atoms with Gasteiger partial charge in [-0.3, -0.25) is 0 Å². The minimum Gasteiger partial charge on any atom is -0.493 e. The Morgan fingerprint density at radius 2 is 1.85 bits per heavy atom. The monoisotopic (exact) mass is 291 g/mol. The van der Waals surface area contributed by atoms with E-state index in [9.17, 15) is 8.42 Å². The normalized spacial score (nSPS) is 11.5. The fourth-order valence-electron chi connectivity index (χ4n) is 1.95. The van der Waals surface area contributed by atoms with Gasteiger partial charge in [-0.25, -0.2) is 13.6 Å². The topological polar surface area (TPSA) is 69.4 Å². The van der Waals surface area contributed by atoms with Crippen LogP contribution < -0.4 is 9.88 Å². The van der Waals surface area contributed by atoms with Crippen molar-refractivity contribution >= 4 is 20.8 Å². The second kappa shape index (κ2) is 5.64. The third-order valence-electron chi connectivity index (χ3n) is 2.94. The lowest BCUT2D eigenvalue weighted by molar-refractivity contribution is 0.325. The second-order valence-electron chi connectivity index (χ2n) is 4.71. The average Bonchev–Trinajstić information content (AvgIpc) is 2.37. The summed E-state index contributed by atoms with van der Waals surface area (Å²) in [6.45, 7) is 6.26. The fraction of sp³-hybridized carbons (Fsp3) is 0.200. The molecule has 0 bridgehead atoms. The zero-order valence-corrected chi connectivity index (χ0v) is 12.1. The van der Waals surface area contributed by atoms with Crippen LogP contribution in [0.25, 0.3) is 10.8 Å². The molecule has 106 valence electrons. The highest BCUT2D eigenvalue weighted by Gasteiger charge is 2.14. The summed E-state index contributed by atoms with van der Waals surface area (Å²) in [7, 11) is -3.75. The smallest absolute Gasteiger partial charge is 0.238 e. The molecular weight excluding hydrogens is 274 g/mol. The summed E-state index contributed by atoms with van der Waals surface area (Å²) in [6, 6.07) is 10.3. The van der Waals surface area contributed by atoms with Crippen molar-refractivity contribution in [3.63, 3.8) is 0 Å². The van der Waals surface area contributed by atoms with Gasteiger partial charge >= 0.3 is 0 Å². The van der Waals surface area contributed by atoms with Gasteiger partial charge in [-0.2, -0.15) is 0 Å². The molecule has 0 spiro atoms. The molecule has 4 nitrogen and oxygen atoms in total. The number of hydrogen-bond acceptors (Lipinski definition) is 3. The van der Waals surface area contributed by atoms with Crippen molar-refractivity contribution in [3.05, 3.63) is 48.6 Å². The zero-order valence-electron chi connectivity index (χ0n) is 11.3. The highest BCUT2D eigenvalue weighted by atomic mass is 32.2. The van der Waals surface area contributed by atoms with Crippen LogP contribution in [0, 0.1) is 0 Å². The van der Waals surface area contributed by atoms with Crippen molar-refractivity contribution in [2.75, 3.05) is 6.61 Å². The van der Waals surface area contributed by atoms with Crippen LogP contribution in [0.2, 0.25) is 0 Å². The van der Waals surface area contributed by atoms with Crippen molar-refractivity contribution in [2.45, 2.75) is 18.2 Å². The lowest BCUT2D eigenvalue weighted by Gasteiger charge is -2.11. The minimum atomic E-state index is -3.75. The van der Waals surface area contributed by atoms with E-state index in [4.69, 9.17) is 9.88 Å². The quantitative estimate of drug-likeness (QED) is 0.861. The molecule has 0 fully saturated rings. The number of ether oxygens (including phenoxy) is 1. The van der Waals surface area contributed by atoms with Crippen molar-refractivity contribution < 1.29 is 13.2 Å². The molecule has 0 aliphatic heterocycles. The predicted molar refractivity (Wildman–Crippen MR) is 80.2 cm³/mol. The van der Waals surface area contributed by atoms with Crippen LogP contribution >= 0.6 is 0 Å². The second-order valence-corrected chi connectivity index (χ2v) is 6.24. The maximum Gasteiger partial charge on any atom is 0.238 e. The van der Waals surface area contributed by atoms with E-state index in [-0.39, 0.29) is 4.90 Å². The Hall–Kier alpha value is -1.85. The van der Waals surface area contributed by atoms with Crippen molar-refractivity contribution in [2.24, 2.45) is 5.14 Å². The van der Waals surface area contributed by atoms with Gasteiger partial charge in [0.25, 0.3) is 0 Å². The van der Waals surface area contributed by atoms with Crippen molar-refractivity contribution in [1.29, 1.82) is 0 Å². The van der Waals surface area contributed by atoms with Gasteiger partial charge in [0.1, 0.15) is 5.75 Å². The summed E-state index contributed by atoms with van der Waals surface area (Å²) in [5, 5.41) is 6.54. The lowest BCUT2D eigenvalue weighted by Crippen LogP contribution is -2.12. The minimum absolute atomic E-state index is 0.111. The average molecular weight is 291 g/mol. The van der Waals surface area contributed by atoms with Gasteiger partial charge in [-0.1, -0.05) is 29.8 Å². The summed E-state index contributed by atoms with van der Waals surface area (Å²) in [5.41, 5.74) is 1.04. The molecular formula is C15H17NO3S. The molecule has 2 aromatic carbocycles. The molecule has 0 heterocycles. The van der Waals surface area contributed by atoms with E-state index in [1.54, 1.807) is 18.2 Å². The molecule has 20 heavy (non-hydrogen) atoms. The third-order valence-corrected chi connectivity index (χ3v) is 3.91. The maximum absolute atomic E-state index is 11.6. The number of primary sulfonamides is 1. The van der Waals surface area contributed by atoms with Crippen LogP contribution in [0.4, 0.5) is 0 Å². The number of rotatable bonds is 5. The third kappa shape index (κ3) is 3.18. The summed E-state index contributed by atoms with van der Waals surface area (Å²) in [6.07, 6.45) is 0.755. The summed E-state index contributed by atoms with van der Waals surface area (Å²) in [4.78, 5) is 0.111. The van der Waals surface area contributed by atoms with Crippen molar-refractivity contribution in [1.82, 2.24) is 0 Å². The van der Waals surface area contributed by atoms with E-state index in [0.717, 1.165) is 17.4 Å². The summed E-state index contributed by atoms with van der Waals surface area (Å²) < 4.78 is 28.9. The molecule has 2 rings (SSSR count). The Kier molecular flexibility index (Phi) is 4.11. The van der Waals surface area contributed by atoms with E-state index < -0.39 is 10.0 Å². The lowest BCUT2D eigenvalue weighted by atomic mass is 10.1. The highest BCUT2D eigenvalue weighted by molar-refractivity contribution is 7.89. The van der Waals surface area contributed by atoms with Crippen LogP contribution in [0.5, 0.6) is 5.75 Å². The van der Waals surface area contributed by atoms with E-state index in [0.29, 0.717) is 17.7 Å². The molecule has 2 N–H and O–H groups in total. The first-order chi connectivity index (χ1) is 9.39. The Morgan fingerprint density at radius 1 is 1.20 bits per heavy atom. The molecule has 0 atom stereocenters. The van der Waals surface area contributed by atoms with Crippen LogP contribution in [0.15, 0.2) is 53.4 Å². The molecule has 0 saturated heterocycles. The molecule has 0 aliphatic carbocycles. The Balaban J connectivity index is 2.46. The summed E-state index contributed by atoms with van der Waals surface area (Å²) in [5.74, 6) is 0.647. The molecule has 2 aromatic rings. The van der Waals surface area contributed by atoms with Gasteiger partial charge in [-0.15, -0.1) is 6.58 Å². The Labute approximate surface area is 118 Å². The van der Waals surface area contributed by atoms with Gasteiger partial charge < -0.3 is 4.74 Å². The maximum atomic E-state index is 11.6. The molecule has 0 unspecified atom stereocenters. The van der Waals surface area contributed by atoms with Gasteiger partial charge in [0.05, 0.1) is 11.5 Å². The zero-order chi connectivity index (χ0) is 14.8. The highest BCUT2D eigenvalue weighted by Crippen LogP contribution is 2.30. The fourth-order valence-corrected chi connectivity index (χ4v) is 2.70. The molecule has 0 aromatic heterocycles. The Morgan fingerprint density at radius 3 is 2.45 bits per heavy atom. The molecule has 0 saturated carbocycles. The van der Waals surface area contributed by atoms with Crippen LogP contribution in [0.3, 0.4) is 0 Å². The molecule has 0 radical (unpaired) electrons. The first-order valence-electron chi connectivity index (χ1n) is 6.21. The van der Waals surface area contributed by atoms with Crippen LogP contribution in [-0.4, -0.2) is 15.0 Å². The largest absolute Gasteiger partial charge is 0.493 e. The molecule has 5 heteroatoms. The van der Waals surface area contributed by atoms with Gasteiger partial charge in [0.2, 0.25) is 10.0 Å². The number of sulfonamides is 1. The number of benzene rings is 2. The van der Waals surface area contributed by atoms with Gasteiger partial charge in [-0.05, 0) is 19.1 Å². The first kappa shape index (κ1) is 14.6. The SMILES string of the molecule is C=C(C)CCOc1ccc(S(N)(=O)=O)c2ccccc12. The van der Waals surface area contributed by atoms with Gasteiger partial charge in [0.15, 0.2) is 0 Å². The van der Waals surface area contributed by atoms with Crippen LogP contribution in [-0.2, 0) is 10.0 Å².